The topological polar surface area (TPSA) is 40.1 Å². The SMILES string of the molecule is O=C([O-])/C=C(\I)C(F)(F)F. The van der Waals surface area contributed by atoms with Crippen molar-refractivity contribution < 1.29 is 23.1 Å². The third-order valence-electron chi connectivity index (χ3n) is 0.515. The van der Waals surface area contributed by atoms with Crippen molar-refractivity contribution in [2.75, 3.05) is 0 Å². The molecule has 0 saturated heterocycles. The van der Waals surface area contributed by atoms with Gasteiger partial charge < -0.3 is 9.90 Å². The van der Waals surface area contributed by atoms with Gasteiger partial charge in [0.1, 0.15) is 0 Å². The Labute approximate surface area is 67.9 Å². The lowest BCUT2D eigenvalue weighted by Crippen LogP contribution is -2.21. The standard InChI is InChI=1S/C4H2F3IO2/c5-4(6,7)2(8)1-3(9)10/h1H,(H,9,10)/p-1/b2-1-. The van der Waals surface area contributed by atoms with Crippen LogP contribution in [-0.4, -0.2) is 12.1 Å². The molecule has 0 spiro atoms. The van der Waals surface area contributed by atoms with Crippen molar-refractivity contribution in [2.24, 2.45) is 0 Å². The van der Waals surface area contributed by atoms with Crippen LogP contribution in [0.3, 0.4) is 0 Å². The number of hydrogen-bond donors (Lipinski definition) is 0. The largest absolute Gasteiger partial charge is 0.545 e. The van der Waals surface area contributed by atoms with Gasteiger partial charge >= 0.3 is 6.18 Å². The van der Waals surface area contributed by atoms with E-state index in [-0.39, 0.29) is 6.08 Å². The Morgan fingerprint density at radius 1 is 1.50 bits per heavy atom. The van der Waals surface area contributed by atoms with Gasteiger partial charge in [0.15, 0.2) is 0 Å². The van der Waals surface area contributed by atoms with Crippen molar-refractivity contribution in [1.29, 1.82) is 0 Å². The molecule has 0 heterocycles. The Morgan fingerprint density at radius 3 is 2.00 bits per heavy atom. The number of rotatable bonds is 1. The molecule has 0 rings (SSSR count). The number of allylic oxidation sites excluding steroid dienone is 1. The third-order valence-corrected chi connectivity index (χ3v) is 1.44. The van der Waals surface area contributed by atoms with Crippen LogP contribution in [0.15, 0.2) is 9.66 Å². The summed E-state index contributed by atoms with van der Waals surface area (Å²) in [5, 5.41) is 9.56. The maximum atomic E-state index is 11.4. The van der Waals surface area contributed by atoms with Gasteiger partial charge in [-0.05, 0) is 28.7 Å². The van der Waals surface area contributed by atoms with Gasteiger partial charge in [-0.3, -0.25) is 0 Å². The number of carboxylic acid groups (broad SMARTS) is 1. The van der Waals surface area contributed by atoms with Gasteiger partial charge in [0, 0.05) is 0 Å². The summed E-state index contributed by atoms with van der Waals surface area (Å²) >= 11 is 0.879. The Hall–Kier alpha value is -0.270. The van der Waals surface area contributed by atoms with E-state index in [2.05, 4.69) is 0 Å². The zero-order valence-corrected chi connectivity index (χ0v) is 6.56. The van der Waals surface area contributed by atoms with E-state index in [1.54, 1.807) is 0 Å². The van der Waals surface area contributed by atoms with Gasteiger partial charge in [0.25, 0.3) is 0 Å². The van der Waals surface area contributed by atoms with Crippen LogP contribution in [0.1, 0.15) is 0 Å². The van der Waals surface area contributed by atoms with Crippen LogP contribution in [0.2, 0.25) is 0 Å². The summed E-state index contributed by atoms with van der Waals surface area (Å²) in [6.07, 6.45) is -4.58. The van der Waals surface area contributed by atoms with Crippen LogP contribution in [0.25, 0.3) is 0 Å². The minimum Gasteiger partial charge on any atom is -0.545 e. The molecule has 0 radical (unpaired) electrons. The lowest BCUT2D eigenvalue weighted by atomic mass is 10.5. The number of hydrogen-bond acceptors (Lipinski definition) is 2. The molecule has 0 N–H and O–H groups in total. The summed E-state index contributed by atoms with van der Waals surface area (Å²) in [4.78, 5) is 9.56. The van der Waals surface area contributed by atoms with Crippen molar-refractivity contribution in [3.05, 3.63) is 9.66 Å². The molecule has 0 unspecified atom stereocenters. The molecular formula is C4HF3IO2-. The Balaban J connectivity index is 4.35. The Morgan fingerprint density at radius 2 is 1.90 bits per heavy atom. The summed E-state index contributed by atoms with van der Waals surface area (Å²) in [5.74, 6) is -1.85. The molecule has 0 fully saturated rings. The highest BCUT2D eigenvalue weighted by molar-refractivity contribution is 14.1. The zero-order valence-electron chi connectivity index (χ0n) is 4.41. The van der Waals surface area contributed by atoms with Crippen molar-refractivity contribution in [3.63, 3.8) is 0 Å². The predicted octanol–water partition coefficient (Wildman–Crippen LogP) is 0.618. The van der Waals surface area contributed by atoms with Crippen molar-refractivity contribution in [1.82, 2.24) is 0 Å². The molecule has 0 atom stereocenters. The summed E-state index contributed by atoms with van der Waals surface area (Å²) < 4.78 is 33.1. The van der Waals surface area contributed by atoms with Crippen molar-refractivity contribution in [3.8, 4) is 0 Å². The first-order valence-electron chi connectivity index (χ1n) is 1.99. The summed E-state index contributed by atoms with van der Waals surface area (Å²) in [5.41, 5.74) is 0. The lowest BCUT2D eigenvalue weighted by molar-refractivity contribution is -0.297. The van der Waals surface area contributed by atoms with Gasteiger partial charge in [0.05, 0.1) is 9.55 Å². The fraction of sp³-hybridized carbons (Fsp3) is 0.250. The molecule has 0 aromatic heterocycles. The van der Waals surface area contributed by atoms with Crippen LogP contribution in [0.4, 0.5) is 13.2 Å². The Bertz CT molecular complexity index is 172. The van der Waals surface area contributed by atoms with Crippen LogP contribution < -0.4 is 5.11 Å². The maximum absolute atomic E-state index is 11.4. The van der Waals surface area contributed by atoms with E-state index in [0.717, 1.165) is 22.6 Å². The maximum Gasteiger partial charge on any atom is 0.422 e. The van der Waals surface area contributed by atoms with Gasteiger partial charge in [-0.25, -0.2) is 0 Å². The van der Waals surface area contributed by atoms with Crippen LogP contribution in [0.5, 0.6) is 0 Å². The van der Waals surface area contributed by atoms with Gasteiger partial charge in [-0.1, -0.05) is 0 Å². The first-order chi connectivity index (χ1) is 4.34. The monoisotopic (exact) mass is 265 g/mol. The molecule has 0 bridgehead atoms. The minimum atomic E-state index is -4.58. The second-order valence-electron chi connectivity index (χ2n) is 1.31. The fourth-order valence-electron chi connectivity index (χ4n) is 0.185. The quantitative estimate of drug-likeness (QED) is 0.515. The molecule has 0 amide bonds. The smallest absolute Gasteiger partial charge is 0.422 e. The second kappa shape index (κ2) is 3.22. The van der Waals surface area contributed by atoms with Crippen LogP contribution in [0, 0.1) is 0 Å². The molecule has 0 aliphatic rings. The highest BCUT2D eigenvalue weighted by Gasteiger charge is 2.31. The number of alkyl halides is 3. The number of carbonyl (C=O) groups is 1. The highest BCUT2D eigenvalue weighted by atomic mass is 127. The molecule has 10 heavy (non-hydrogen) atoms. The normalized spacial score (nSPS) is 13.4. The molecule has 58 valence electrons. The summed E-state index contributed by atoms with van der Waals surface area (Å²) in [6.45, 7) is 0. The molecule has 0 aromatic carbocycles. The molecule has 0 aromatic rings. The Kier molecular flexibility index (Phi) is 3.13. The van der Waals surface area contributed by atoms with E-state index in [9.17, 15) is 23.1 Å². The third kappa shape index (κ3) is 3.70. The lowest BCUT2D eigenvalue weighted by Gasteiger charge is -2.03. The zero-order chi connectivity index (χ0) is 8.36. The minimum absolute atomic E-state index is 0.000556. The fourth-order valence-corrected chi connectivity index (χ4v) is 0.440. The first-order valence-corrected chi connectivity index (χ1v) is 3.07. The predicted molar refractivity (Wildman–Crippen MR) is 33.2 cm³/mol. The number of aliphatic carboxylic acids is 1. The van der Waals surface area contributed by atoms with E-state index < -0.39 is 15.7 Å². The van der Waals surface area contributed by atoms with Crippen molar-refractivity contribution >= 4 is 28.6 Å². The van der Waals surface area contributed by atoms with Crippen LogP contribution >= 0.6 is 22.6 Å². The molecular weight excluding hydrogens is 264 g/mol. The summed E-state index contributed by atoms with van der Waals surface area (Å²) in [7, 11) is 0. The number of carboxylic acids is 1. The summed E-state index contributed by atoms with van der Waals surface area (Å²) in [6, 6.07) is 0. The van der Waals surface area contributed by atoms with Crippen molar-refractivity contribution in [2.45, 2.75) is 6.18 Å². The first kappa shape index (κ1) is 9.73. The highest BCUT2D eigenvalue weighted by Crippen LogP contribution is 2.29. The number of halogens is 4. The van der Waals surface area contributed by atoms with E-state index >= 15 is 0 Å². The van der Waals surface area contributed by atoms with Gasteiger partial charge in [-0.2, -0.15) is 13.2 Å². The van der Waals surface area contributed by atoms with E-state index in [1.807, 2.05) is 0 Å². The molecule has 0 aliphatic heterocycles. The van der Waals surface area contributed by atoms with Gasteiger partial charge in [0.2, 0.25) is 0 Å². The second-order valence-corrected chi connectivity index (χ2v) is 2.47. The van der Waals surface area contributed by atoms with Gasteiger partial charge in [-0.15, -0.1) is 0 Å². The average Bonchev–Trinajstić information content (AvgIpc) is 1.60. The van der Waals surface area contributed by atoms with E-state index in [4.69, 9.17) is 0 Å². The molecule has 0 saturated carbocycles. The molecule has 0 aliphatic carbocycles. The number of carbonyl (C=O) groups excluding carboxylic acids is 1. The average molecular weight is 265 g/mol. The van der Waals surface area contributed by atoms with E-state index in [0.29, 0.717) is 0 Å². The molecule has 2 nitrogen and oxygen atoms in total. The molecule has 6 heteroatoms. The van der Waals surface area contributed by atoms with E-state index in [1.165, 1.54) is 0 Å². The van der Waals surface area contributed by atoms with Crippen LogP contribution in [-0.2, 0) is 4.79 Å².